The van der Waals surface area contributed by atoms with Crippen LogP contribution in [0, 0.1) is 5.53 Å². The molecule has 0 radical (unpaired) electrons. The number of nitrogens with one attached hydrogen (secondary N) is 1. The van der Waals surface area contributed by atoms with Crippen LogP contribution in [0.15, 0.2) is 53.6 Å². The maximum atomic E-state index is 9.16. The number of hydrogen-bond donors (Lipinski definition) is 2. The summed E-state index contributed by atoms with van der Waals surface area (Å²) in [6.45, 7) is 0. The van der Waals surface area contributed by atoms with E-state index in [-0.39, 0.29) is 5.75 Å². The molecule has 2 aromatic rings. The molecule has 17 heavy (non-hydrogen) atoms. The molecule has 3 heteroatoms. The molecule has 3 nitrogen and oxygen atoms in total. The second-order valence-electron chi connectivity index (χ2n) is 3.60. The topological polar surface area (TPSA) is 56.4 Å². The second-order valence-corrected chi connectivity index (χ2v) is 3.60. The molecule has 0 saturated carbocycles. The van der Waals surface area contributed by atoms with Crippen LogP contribution in [0.3, 0.4) is 0 Å². The van der Waals surface area contributed by atoms with Crippen molar-refractivity contribution in [2.24, 2.45) is 5.11 Å². The molecule has 2 N–H and O–H groups in total. The molecular weight excluding hydrogens is 212 g/mol. The van der Waals surface area contributed by atoms with Gasteiger partial charge in [-0.25, -0.2) is 5.53 Å². The van der Waals surface area contributed by atoms with Gasteiger partial charge in [0.15, 0.2) is 0 Å². The second kappa shape index (κ2) is 5.07. The first-order valence-electron chi connectivity index (χ1n) is 5.23. The Morgan fingerprint density at radius 1 is 0.941 bits per heavy atom. The van der Waals surface area contributed by atoms with E-state index < -0.39 is 0 Å². The Kier molecular flexibility index (Phi) is 3.31. The highest BCUT2D eigenvalue weighted by Gasteiger charge is 1.95. The van der Waals surface area contributed by atoms with Crippen LogP contribution in [-0.2, 0) is 0 Å². The van der Waals surface area contributed by atoms with E-state index in [4.69, 9.17) is 10.6 Å². The van der Waals surface area contributed by atoms with Gasteiger partial charge in [0.1, 0.15) is 5.75 Å². The fraction of sp³-hybridized carbons (Fsp3) is 0. The predicted molar refractivity (Wildman–Crippen MR) is 68.3 cm³/mol. The van der Waals surface area contributed by atoms with Gasteiger partial charge < -0.3 is 5.11 Å². The minimum absolute atomic E-state index is 0.253. The average molecular weight is 224 g/mol. The van der Waals surface area contributed by atoms with Crippen molar-refractivity contribution < 1.29 is 5.11 Å². The van der Waals surface area contributed by atoms with Crippen molar-refractivity contribution in [3.8, 4) is 5.75 Å². The molecule has 0 saturated heterocycles. The van der Waals surface area contributed by atoms with Crippen molar-refractivity contribution >= 4 is 17.8 Å². The molecule has 0 bridgehead atoms. The minimum atomic E-state index is 0.253. The number of phenolic OH excluding ortho intramolecular Hbond substituents is 1. The van der Waals surface area contributed by atoms with Crippen LogP contribution in [0.1, 0.15) is 11.1 Å². The molecule has 2 rings (SSSR count). The maximum absolute atomic E-state index is 9.16. The fourth-order valence-corrected chi connectivity index (χ4v) is 1.50. The van der Waals surface area contributed by atoms with Crippen LogP contribution in [0.25, 0.3) is 12.2 Å². The maximum Gasteiger partial charge on any atom is 0.115 e. The Balaban J connectivity index is 2.25. The van der Waals surface area contributed by atoms with Crippen LogP contribution < -0.4 is 0 Å². The van der Waals surface area contributed by atoms with E-state index >= 15 is 0 Å². The summed E-state index contributed by atoms with van der Waals surface area (Å²) in [4.78, 5) is 0. The van der Waals surface area contributed by atoms with Gasteiger partial charge in [0, 0.05) is 5.56 Å². The van der Waals surface area contributed by atoms with Gasteiger partial charge in [0.05, 0.1) is 5.69 Å². The van der Waals surface area contributed by atoms with Crippen LogP contribution in [0.4, 0.5) is 5.69 Å². The first kappa shape index (κ1) is 11.1. The molecule has 84 valence electrons. The van der Waals surface area contributed by atoms with Gasteiger partial charge in [-0.05, 0) is 23.8 Å². The van der Waals surface area contributed by atoms with Gasteiger partial charge in [-0.3, -0.25) is 0 Å². The minimum Gasteiger partial charge on any atom is -0.508 e. The molecule has 0 aliphatic carbocycles. The summed E-state index contributed by atoms with van der Waals surface area (Å²) < 4.78 is 0. The van der Waals surface area contributed by atoms with Crippen molar-refractivity contribution in [2.75, 3.05) is 0 Å². The number of rotatable bonds is 3. The van der Waals surface area contributed by atoms with Crippen molar-refractivity contribution in [3.05, 3.63) is 59.7 Å². The van der Waals surface area contributed by atoms with Crippen LogP contribution in [0.2, 0.25) is 0 Å². The van der Waals surface area contributed by atoms with E-state index in [0.717, 1.165) is 11.1 Å². The van der Waals surface area contributed by atoms with Gasteiger partial charge >= 0.3 is 0 Å². The zero-order valence-electron chi connectivity index (χ0n) is 9.17. The smallest absolute Gasteiger partial charge is 0.115 e. The number of aromatic hydroxyl groups is 1. The first-order chi connectivity index (χ1) is 8.29. The van der Waals surface area contributed by atoms with Gasteiger partial charge in [0.2, 0.25) is 0 Å². The monoisotopic (exact) mass is 224 g/mol. The molecule has 0 aromatic heterocycles. The van der Waals surface area contributed by atoms with Crippen LogP contribution in [0.5, 0.6) is 5.75 Å². The Bertz CT molecular complexity index is 544. The third-order valence-corrected chi connectivity index (χ3v) is 2.41. The van der Waals surface area contributed by atoms with E-state index in [2.05, 4.69) is 5.11 Å². The van der Waals surface area contributed by atoms with Gasteiger partial charge in [-0.2, -0.15) is 5.11 Å². The largest absolute Gasteiger partial charge is 0.508 e. The molecule has 0 spiro atoms. The molecule has 2 aromatic carbocycles. The van der Waals surface area contributed by atoms with E-state index in [1.807, 2.05) is 42.5 Å². The summed E-state index contributed by atoms with van der Waals surface area (Å²) >= 11 is 0. The lowest BCUT2D eigenvalue weighted by Crippen LogP contribution is -1.74. The Morgan fingerprint density at radius 3 is 2.35 bits per heavy atom. The summed E-state index contributed by atoms with van der Waals surface area (Å²) in [5.74, 6) is 0.253. The molecule has 0 aliphatic rings. The van der Waals surface area contributed by atoms with Gasteiger partial charge in [-0.15, -0.1) is 0 Å². The van der Waals surface area contributed by atoms with E-state index in [9.17, 15) is 0 Å². The first-order valence-corrected chi connectivity index (χ1v) is 5.23. The van der Waals surface area contributed by atoms with Crippen molar-refractivity contribution in [2.45, 2.75) is 0 Å². The van der Waals surface area contributed by atoms with Crippen LogP contribution in [-0.4, -0.2) is 5.11 Å². The number of phenols is 1. The quantitative estimate of drug-likeness (QED) is 0.595. The molecule has 0 atom stereocenters. The molecule has 0 aliphatic heterocycles. The lowest BCUT2D eigenvalue weighted by molar-refractivity contribution is 0.475. The lowest BCUT2D eigenvalue weighted by Gasteiger charge is -1.98. The Hall–Kier alpha value is -2.42. The molecule has 0 unspecified atom stereocenters. The number of nitrogens with zero attached hydrogens (tertiary/aromatic N) is 1. The fourth-order valence-electron chi connectivity index (χ4n) is 1.50. The van der Waals surface area contributed by atoms with Crippen molar-refractivity contribution in [3.63, 3.8) is 0 Å². The predicted octanol–water partition coefficient (Wildman–Crippen LogP) is 4.23. The van der Waals surface area contributed by atoms with Crippen molar-refractivity contribution in [1.29, 1.82) is 5.53 Å². The number of benzene rings is 2. The standard InChI is InChI=1S/C14H12N2O/c15-16-14-4-2-1-3-12(14)8-5-11-6-9-13(17)10-7-11/h1-10,15,17H. The summed E-state index contributed by atoms with van der Waals surface area (Å²) in [5.41, 5.74) is 9.58. The molecular formula is C14H12N2O. The molecule has 0 amide bonds. The summed E-state index contributed by atoms with van der Waals surface area (Å²) in [6.07, 6.45) is 3.82. The third kappa shape index (κ3) is 2.78. The Labute approximate surface area is 99.6 Å². The van der Waals surface area contributed by atoms with Gasteiger partial charge in [-0.1, -0.05) is 42.5 Å². The van der Waals surface area contributed by atoms with Crippen LogP contribution >= 0.6 is 0 Å². The molecule has 0 fully saturated rings. The summed E-state index contributed by atoms with van der Waals surface area (Å²) in [5, 5.41) is 12.6. The highest BCUT2D eigenvalue weighted by molar-refractivity contribution is 5.75. The Morgan fingerprint density at radius 2 is 1.65 bits per heavy atom. The molecule has 0 heterocycles. The van der Waals surface area contributed by atoms with Gasteiger partial charge in [0.25, 0.3) is 0 Å². The van der Waals surface area contributed by atoms with E-state index in [0.29, 0.717) is 5.69 Å². The zero-order chi connectivity index (χ0) is 12.1. The summed E-state index contributed by atoms with van der Waals surface area (Å²) in [6, 6.07) is 14.4. The lowest BCUT2D eigenvalue weighted by atomic mass is 10.1. The average Bonchev–Trinajstić information content (AvgIpc) is 2.38. The highest BCUT2D eigenvalue weighted by atomic mass is 16.3. The number of hydrogen-bond acceptors (Lipinski definition) is 3. The summed E-state index contributed by atoms with van der Waals surface area (Å²) in [7, 11) is 0. The number of para-hydroxylation sites is 1. The highest BCUT2D eigenvalue weighted by Crippen LogP contribution is 2.21. The third-order valence-electron chi connectivity index (χ3n) is 2.41. The van der Waals surface area contributed by atoms with E-state index in [1.54, 1.807) is 18.2 Å². The SMILES string of the molecule is N=Nc1ccccc1C=Cc1ccc(O)cc1. The van der Waals surface area contributed by atoms with Crippen molar-refractivity contribution in [1.82, 2.24) is 0 Å². The zero-order valence-corrected chi connectivity index (χ0v) is 9.17. The normalized spacial score (nSPS) is 10.6. The van der Waals surface area contributed by atoms with E-state index in [1.165, 1.54) is 0 Å².